The van der Waals surface area contributed by atoms with Crippen molar-refractivity contribution < 1.29 is 14.0 Å². The van der Waals surface area contributed by atoms with E-state index in [4.69, 9.17) is 0 Å². The molecular weight excluding hydrogens is 259 g/mol. The number of piperidine rings is 1. The molecule has 1 aromatic rings. The van der Waals surface area contributed by atoms with Crippen molar-refractivity contribution in [1.82, 2.24) is 10.6 Å². The lowest BCUT2D eigenvalue weighted by molar-refractivity contribution is -0.121. The Hall–Kier alpha value is -1.75. The van der Waals surface area contributed by atoms with E-state index in [1.165, 1.54) is 24.3 Å². The third kappa shape index (κ3) is 4.42. The zero-order chi connectivity index (χ0) is 14.4. The number of carbonyl (C=O) groups excluding carboxylic acids is 2. The van der Waals surface area contributed by atoms with Gasteiger partial charge in [0, 0.05) is 31.0 Å². The highest BCUT2D eigenvalue weighted by molar-refractivity contribution is 5.97. The lowest BCUT2D eigenvalue weighted by atomic mass is 10.1. The molecule has 1 aliphatic rings. The first-order chi connectivity index (χ1) is 9.65. The van der Waals surface area contributed by atoms with Gasteiger partial charge in [0.25, 0.3) is 0 Å². The lowest BCUT2D eigenvalue weighted by Gasteiger charge is -2.23. The number of ketones is 1. The largest absolute Gasteiger partial charge is 0.352 e. The predicted octanol–water partition coefficient (Wildman–Crippen LogP) is 1.66. The summed E-state index contributed by atoms with van der Waals surface area (Å²) in [6.07, 6.45) is 2.36. The van der Waals surface area contributed by atoms with Gasteiger partial charge >= 0.3 is 0 Å². The van der Waals surface area contributed by atoms with Gasteiger partial charge in [-0.1, -0.05) is 0 Å². The number of nitrogens with one attached hydrogen (secondary N) is 2. The van der Waals surface area contributed by atoms with Crippen LogP contribution >= 0.6 is 0 Å². The Balaban J connectivity index is 1.75. The van der Waals surface area contributed by atoms with E-state index in [1.807, 2.05) is 0 Å². The highest BCUT2D eigenvalue weighted by Crippen LogP contribution is 2.08. The zero-order valence-electron chi connectivity index (χ0n) is 11.3. The fraction of sp³-hybridized carbons (Fsp3) is 0.467. The Morgan fingerprint density at radius 1 is 1.25 bits per heavy atom. The number of hydrogen-bond acceptors (Lipinski definition) is 3. The molecule has 0 spiro atoms. The normalized spacial score (nSPS) is 18.6. The first-order valence-electron chi connectivity index (χ1n) is 6.94. The molecule has 1 atom stereocenters. The van der Waals surface area contributed by atoms with Crippen molar-refractivity contribution in [3.8, 4) is 0 Å². The molecule has 1 saturated heterocycles. The van der Waals surface area contributed by atoms with Crippen LogP contribution in [0.5, 0.6) is 0 Å². The molecular formula is C15H19FN2O2. The number of hydrogen-bond donors (Lipinski definition) is 2. The molecule has 20 heavy (non-hydrogen) atoms. The van der Waals surface area contributed by atoms with Crippen LogP contribution in [0.3, 0.4) is 0 Å². The number of halogens is 1. The Morgan fingerprint density at radius 2 is 2.00 bits per heavy atom. The minimum absolute atomic E-state index is 0.103. The van der Waals surface area contributed by atoms with Gasteiger partial charge in [0.05, 0.1) is 0 Å². The molecule has 0 aromatic heterocycles. The molecule has 1 aromatic carbocycles. The van der Waals surface area contributed by atoms with Crippen LogP contribution in [0, 0.1) is 5.82 Å². The molecule has 108 valence electrons. The van der Waals surface area contributed by atoms with E-state index in [1.54, 1.807) is 0 Å². The first kappa shape index (κ1) is 14.7. The average Bonchev–Trinajstić information content (AvgIpc) is 2.46. The minimum Gasteiger partial charge on any atom is -0.352 e. The molecule has 0 radical (unpaired) electrons. The molecule has 1 heterocycles. The minimum atomic E-state index is -0.371. The van der Waals surface area contributed by atoms with Gasteiger partial charge in [-0.3, -0.25) is 9.59 Å². The summed E-state index contributed by atoms with van der Waals surface area (Å²) in [5.41, 5.74) is 0.443. The number of carbonyl (C=O) groups is 2. The third-order valence-corrected chi connectivity index (χ3v) is 3.41. The van der Waals surface area contributed by atoms with Gasteiger partial charge in [0.15, 0.2) is 5.78 Å². The van der Waals surface area contributed by atoms with E-state index in [2.05, 4.69) is 10.6 Å². The second-order valence-corrected chi connectivity index (χ2v) is 5.04. The molecule has 4 nitrogen and oxygen atoms in total. The summed E-state index contributed by atoms with van der Waals surface area (Å²) in [6.45, 7) is 1.78. The van der Waals surface area contributed by atoms with Crippen LogP contribution in [0.25, 0.3) is 0 Å². The molecule has 0 unspecified atom stereocenters. The summed E-state index contributed by atoms with van der Waals surface area (Å²) < 4.78 is 12.7. The third-order valence-electron chi connectivity index (χ3n) is 3.41. The van der Waals surface area contributed by atoms with Gasteiger partial charge in [-0.2, -0.15) is 0 Å². The number of benzene rings is 1. The van der Waals surface area contributed by atoms with Gasteiger partial charge in [-0.15, -0.1) is 0 Å². The van der Waals surface area contributed by atoms with E-state index in [9.17, 15) is 14.0 Å². The standard InChI is InChI=1S/C15H19FN2O2/c16-12-5-3-11(4-6-12)14(19)7-8-15(20)18-13-2-1-9-17-10-13/h3-6,13,17H,1-2,7-10H2,(H,18,20)/t13-/m0/s1. The van der Waals surface area contributed by atoms with E-state index in [0.717, 1.165) is 25.9 Å². The second kappa shape index (κ2) is 7.14. The maximum Gasteiger partial charge on any atom is 0.220 e. The molecule has 0 bridgehead atoms. The van der Waals surface area contributed by atoms with Crippen molar-refractivity contribution in [1.29, 1.82) is 0 Å². The van der Waals surface area contributed by atoms with Crippen molar-refractivity contribution in [2.75, 3.05) is 13.1 Å². The topological polar surface area (TPSA) is 58.2 Å². The Labute approximate surface area is 117 Å². The molecule has 2 rings (SSSR count). The number of rotatable bonds is 5. The summed E-state index contributed by atoms with van der Waals surface area (Å²) in [7, 11) is 0. The van der Waals surface area contributed by atoms with Crippen molar-refractivity contribution in [3.05, 3.63) is 35.6 Å². The molecule has 0 saturated carbocycles. The van der Waals surface area contributed by atoms with Crippen LogP contribution in [0.15, 0.2) is 24.3 Å². The molecule has 2 N–H and O–H groups in total. The fourth-order valence-corrected chi connectivity index (χ4v) is 2.28. The Morgan fingerprint density at radius 3 is 2.65 bits per heavy atom. The van der Waals surface area contributed by atoms with Crippen LogP contribution in [-0.4, -0.2) is 30.8 Å². The fourth-order valence-electron chi connectivity index (χ4n) is 2.28. The van der Waals surface area contributed by atoms with Gasteiger partial charge in [-0.25, -0.2) is 4.39 Å². The molecule has 1 amide bonds. The van der Waals surface area contributed by atoms with E-state index in [0.29, 0.717) is 5.56 Å². The van der Waals surface area contributed by atoms with Crippen LogP contribution in [0.1, 0.15) is 36.0 Å². The maximum absolute atomic E-state index is 12.7. The summed E-state index contributed by atoms with van der Waals surface area (Å²) in [4.78, 5) is 23.6. The number of Topliss-reactive ketones (excluding diaryl/α,β-unsaturated/α-hetero) is 1. The van der Waals surface area contributed by atoms with Crippen LogP contribution < -0.4 is 10.6 Å². The van der Waals surface area contributed by atoms with Crippen LogP contribution in [0.4, 0.5) is 4.39 Å². The van der Waals surface area contributed by atoms with Crippen LogP contribution in [-0.2, 0) is 4.79 Å². The summed E-state index contributed by atoms with van der Waals surface area (Å²) in [6, 6.07) is 5.56. The van der Waals surface area contributed by atoms with Crippen molar-refractivity contribution in [2.24, 2.45) is 0 Å². The van der Waals surface area contributed by atoms with E-state index in [-0.39, 0.29) is 36.4 Å². The van der Waals surface area contributed by atoms with Crippen molar-refractivity contribution >= 4 is 11.7 Å². The maximum atomic E-state index is 12.7. The quantitative estimate of drug-likeness (QED) is 0.805. The van der Waals surface area contributed by atoms with Crippen LogP contribution in [0.2, 0.25) is 0 Å². The molecule has 5 heteroatoms. The Bertz CT molecular complexity index is 467. The molecule has 0 aliphatic carbocycles. The van der Waals surface area contributed by atoms with E-state index < -0.39 is 0 Å². The Kier molecular flexibility index (Phi) is 5.24. The van der Waals surface area contributed by atoms with Gasteiger partial charge in [0.1, 0.15) is 5.82 Å². The van der Waals surface area contributed by atoms with Gasteiger partial charge in [0.2, 0.25) is 5.91 Å². The second-order valence-electron chi connectivity index (χ2n) is 5.04. The number of amides is 1. The summed E-state index contributed by atoms with van der Waals surface area (Å²) in [5, 5.41) is 6.14. The lowest BCUT2D eigenvalue weighted by Crippen LogP contribution is -2.45. The SMILES string of the molecule is O=C(CCC(=O)c1ccc(F)cc1)N[C@H]1CCCNC1. The molecule has 1 aliphatic heterocycles. The van der Waals surface area contributed by atoms with Crippen molar-refractivity contribution in [2.45, 2.75) is 31.7 Å². The smallest absolute Gasteiger partial charge is 0.220 e. The highest BCUT2D eigenvalue weighted by atomic mass is 19.1. The predicted molar refractivity (Wildman–Crippen MR) is 74.0 cm³/mol. The van der Waals surface area contributed by atoms with Crippen molar-refractivity contribution in [3.63, 3.8) is 0 Å². The zero-order valence-corrected chi connectivity index (χ0v) is 11.3. The average molecular weight is 278 g/mol. The summed E-state index contributed by atoms with van der Waals surface area (Å²) >= 11 is 0. The van der Waals surface area contributed by atoms with E-state index >= 15 is 0 Å². The first-order valence-corrected chi connectivity index (χ1v) is 6.94. The van der Waals surface area contributed by atoms with Gasteiger partial charge < -0.3 is 10.6 Å². The monoisotopic (exact) mass is 278 g/mol. The van der Waals surface area contributed by atoms with Gasteiger partial charge in [-0.05, 0) is 43.7 Å². The highest BCUT2D eigenvalue weighted by Gasteiger charge is 2.16. The molecule has 1 fully saturated rings. The summed E-state index contributed by atoms with van der Waals surface area (Å²) in [5.74, 6) is -0.611.